The normalized spacial score (nSPS) is 11.1. The molecule has 0 amide bonds. The molecule has 22 heavy (non-hydrogen) atoms. The van der Waals surface area contributed by atoms with Crippen LogP contribution in [0.3, 0.4) is 0 Å². The average Bonchev–Trinajstić information content (AvgIpc) is 2.54. The Bertz CT molecular complexity index is 684. The van der Waals surface area contributed by atoms with E-state index in [0.717, 1.165) is 16.9 Å². The van der Waals surface area contributed by atoms with Crippen molar-refractivity contribution in [2.24, 2.45) is 0 Å². The highest BCUT2D eigenvalue weighted by molar-refractivity contribution is 5.83. The van der Waals surface area contributed by atoms with E-state index in [2.05, 4.69) is 14.8 Å². The van der Waals surface area contributed by atoms with Gasteiger partial charge < -0.3 is 10.0 Å². The fraction of sp³-hybridized carbons (Fsp3) is 0.235. The zero-order valence-corrected chi connectivity index (χ0v) is 12.7. The molecule has 1 aromatic heterocycles. The van der Waals surface area contributed by atoms with E-state index in [1.807, 2.05) is 43.1 Å². The van der Waals surface area contributed by atoms with Crippen LogP contribution < -0.4 is 4.90 Å². The molecule has 0 spiro atoms. The molecule has 0 aliphatic heterocycles. The molecular formula is C17H18N4O. The van der Waals surface area contributed by atoms with Crippen molar-refractivity contribution in [3.05, 3.63) is 65.0 Å². The molecule has 2 rings (SSSR count). The monoisotopic (exact) mass is 294 g/mol. The lowest BCUT2D eigenvalue weighted by Gasteiger charge is -2.17. The minimum absolute atomic E-state index is 0.117. The van der Waals surface area contributed by atoms with E-state index in [1.54, 1.807) is 18.5 Å². The van der Waals surface area contributed by atoms with Gasteiger partial charge in [0.15, 0.2) is 0 Å². The Morgan fingerprint density at radius 3 is 2.55 bits per heavy atom. The number of hydrogen-bond acceptors (Lipinski definition) is 4. The lowest BCUT2D eigenvalue weighted by Crippen LogP contribution is -2.20. The number of aliphatic hydroxyl groups is 1. The van der Waals surface area contributed by atoms with Gasteiger partial charge in [-0.05, 0) is 30.7 Å². The maximum atomic E-state index is 8.95. The predicted molar refractivity (Wildman–Crippen MR) is 88.0 cm³/mol. The van der Waals surface area contributed by atoms with Crippen molar-refractivity contribution < 1.29 is 5.11 Å². The first-order chi connectivity index (χ1) is 10.6. The van der Waals surface area contributed by atoms with E-state index in [-0.39, 0.29) is 6.61 Å². The minimum atomic E-state index is 0.117. The van der Waals surface area contributed by atoms with Gasteiger partial charge in [-0.25, -0.2) is 4.85 Å². The number of nitrogens with zero attached hydrogens (tertiary/aromatic N) is 4. The van der Waals surface area contributed by atoms with E-state index in [0.29, 0.717) is 17.9 Å². The summed E-state index contributed by atoms with van der Waals surface area (Å²) in [7, 11) is 1.92. The molecule has 0 unspecified atom stereocenters. The molecule has 112 valence electrons. The molecule has 5 heteroatoms. The second-order valence-corrected chi connectivity index (χ2v) is 4.92. The Kier molecular flexibility index (Phi) is 5.23. The molecule has 1 aromatic carbocycles. The van der Waals surface area contributed by atoms with Crippen LogP contribution in [0.1, 0.15) is 17.0 Å². The third kappa shape index (κ3) is 3.90. The Morgan fingerprint density at radius 2 is 2.00 bits per heavy atom. The summed E-state index contributed by atoms with van der Waals surface area (Å²) in [6, 6.07) is 7.81. The highest BCUT2D eigenvalue weighted by Gasteiger charge is 2.04. The van der Waals surface area contributed by atoms with Crippen LogP contribution in [0.5, 0.6) is 0 Å². The molecule has 2 aromatic rings. The van der Waals surface area contributed by atoms with Gasteiger partial charge in [-0.15, -0.1) is 0 Å². The lowest BCUT2D eigenvalue weighted by molar-refractivity contribution is 0.304. The highest BCUT2D eigenvalue weighted by atomic mass is 16.3. The van der Waals surface area contributed by atoms with E-state index in [9.17, 15) is 0 Å². The second kappa shape index (κ2) is 7.34. The van der Waals surface area contributed by atoms with Gasteiger partial charge in [0, 0.05) is 31.7 Å². The smallest absolute Gasteiger partial charge is 0.214 e. The molecule has 0 aliphatic carbocycles. The number of aliphatic hydroxyl groups excluding tert-OH is 1. The van der Waals surface area contributed by atoms with Gasteiger partial charge >= 0.3 is 0 Å². The van der Waals surface area contributed by atoms with Crippen LogP contribution in [0.4, 0.5) is 5.69 Å². The quantitative estimate of drug-likeness (QED) is 0.861. The van der Waals surface area contributed by atoms with Gasteiger partial charge in [0.1, 0.15) is 0 Å². The molecule has 0 saturated heterocycles. The van der Waals surface area contributed by atoms with Crippen LogP contribution in [0, 0.1) is 13.5 Å². The predicted octanol–water partition coefficient (Wildman–Crippen LogP) is 2.63. The molecule has 0 aliphatic rings. The van der Waals surface area contributed by atoms with Crippen molar-refractivity contribution in [2.75, 3.05) is 25.1 Å². The summed E-state index contributed by atoms with van der Waals surface area (Å²) >= 11 is 0. The van der Waals surface area contributed by atoms with E-state index in [1.165, 1.54) is 0 Å². The summed E-state index contributed by atoms with van der Waals surface area (Å²) in [6.07, 6.45) is 5.06. The number of anilines is 1. The number of likely N-dealkylation sites (N-methyl/N-ethyl adjacent to an activating group) is 1. The molecule has 1 N–H and O–H groups in total. The van der Waals surface area contributed by atoms with E-state index >= 15 is 0 Å². The molecule has 1 heterocycles. The van der Waals surface area contributed by atoms with Crippen LogP contribution in [0.2, 0.25) is 0 Å². The number of aryl methyl sites for hydroxylation is 1. The van der Waals surface area contributed by atoms with Gasteiger partial charge in [0.25, 0.3) is 0 Å². The van der Waals surface area contributed by atoms with Crippen molar-refractivity contribution in [1.82, 2.24) is 9.97 Å². The average molecular weight is 294 g/mol. The van der Waals surface area contributed by atoms with E-state index in [4.69, 9.17) is 11.7 Å². The Morgan fingerprint density at radius 1 is 1.27 bits per heavy atom. The lowest BCUT2D eigenvalue weighted by atomic mass is 10.1. The largest absolute Gasteiger partial charge is 0.395 e. The topological polar surface area (TPSA) is 53.6 Å². The number of aromatic nitrogens is 2. The van der Waals surface area contributed by atoms with Gasteiger partial charge in [0.05, 0.1) is 24.6 Å². The summed E-state index contributed by atoms with van der Waals surface area (Å²) in [4.78, 5) is 13.9. The third-order valence-corrected chi connectivity index (χ3v) is 3.24. The van der Waals surface area contributed by atoms with Crippen LogP contribution in [-0.2, 0) is 0 Å². The SMILES string of the molecule is [C-]#[N+]/C(=C\c1ccc(N(C)CCO)cc1)c1cnc(C)cn1. The number of benzene rings is 1. The van der Waals surface area contributed by atoms with Gasteiger partial charge in [-0.2, -0.15) is 0 Å². The zero-order chi connectivity index (χ0) is 15.9. The maximum absolute atomic E-state index is 8.95. The van der Waals surface area contributed by atoms with Crippen molar-refractivity contribution >= 4 is 17.5 Å². The summed E-state index contributed by atoms with van der Waals surface area (Å²) < 4.78 is 0. The molecule has 0 saturated carbocycles. The summed E-state index contributed by atoms with van der Waals surface area (Å²) in [5.41, 5.74) is 3.80. The van der Waals surface area contributed by atoms with Crippen molar-refractivity contribution in [1.29, 1.82) is 0 Å². The minimum Gasteiger partial charge on any atom is -0.395 e. The molecule has 0 fully saturated rings. The van der Waals surface area contributed by atoms with Gasteiger partial charge in [-0.1, -0.05) is 12.1 Å². The Balaban J connectivity index is 2.23. The standard InChI is InChI=1S/C17H18N4O/c1-13-11-20-17(12-19-13)16(18-2)10-14-4-6-15(7-5-14)21(3)8-9-22/h4-7,10-12,22H,8-9H2,1,3H3/b16-10-. The molecular weight excluding hydrogens is 276 g/mol. The fourth-order valence-corrected chi connectivity index (χ4v) is 1.95. The van der Waals surface area contributed by atoms with Crippen molar-refractivity contribution in [2.45, 2.75) is 6.92 Å². The van der Waals surface area contributed by atoms with Crippen molar-refractivity contribution in [3.63, 3.8) is 0 Å². The van der Waals surface area contributed by atoms with Crippen LogP contribution in [-0.4, -0.2) is 35.3 Å². The first kappa shape index (κ1) is 15.7. The first-order valence-corrected chi connectivity index (χ1v) is 6.94. The zero-order valence-electron chi connectivity index (χ0n) is 12.7. The summed E-state index contributed by atoms with van der Waals surface area (Å²) in [5.74, 6) is 0. The molecule has 0 atom stereocenters. The van der Waals surface area contributed by atoms with Crippen LogP contribution in [0.25, 0.3) is 16.6 Å². The van der Waals surface area contributed by atoms with Crippen LogP contribution >= 0.6 is 0 Å². The summed E-state index contributed by atoms with van der Waals surface area (Å²) in [5, 5.41) is 8.95. The maximum Gasteiger partial charge on any atom is 0.214 e. The molecule has 0 bridgehead atoms. The molecule has 0 radical (unpaired) electrons. The Hall–Kier alpha value is -2.71. The number of rotatable bonds is 5. The highest BCUT2D eigenvalue weighted by Crippen LogP contribution is 2.20. The second-order valence-electron chi connectivity index (χ2n) is 4.92. The molecule has 5 nitrogen and oxygen atoms in total. The fourth-order valence-electron chi connectivity index (χ4n) is 1.95. The van der Waals surface area contributed by atoms with Gasteiger partial charge in [0.2, 0.25) is 5.70 Å². The first-order valence-electron chi connectivity index (χ1n) is 6.94. The third-order valence-electron chi connectivity index (χ3n) is 3.24. The van der Waals surface area contributed by atoms with Crippen LogP contribution in [0.15, 0.2) is 36.7 Å². The van der Waals surface area contributed by atoms with Gasteiger partial charge in [-0.3, -0.25) is 9.97 Å². The Labute approximate surface area is 130 Å². The van der Waals surface area contributed by atoms with Crippen molar-refractivity contribution in [3.8, 4) is 0 Å². The number of hydrogen-bond donors (Lipinski definition) is 1. The van der Waals surface area contributed by atoms with E-state index < -0.39 is 0 Å². The summed E-state index contributed by atoms with van der Waals surface area (Å²) in [6.45, 7) is 9.88.